The second-order valence-electron chi connectivity index (χ2n) is 4.43. The summed E-state index contributed by atoms with van der Waals surface area (Å²) in [6.45, 7) is 3.08. The molecule has 5 nitrogen and oxygen atoms in total. The Morgan fingerprint density at radius 3 is 3.05 bits per heavy atom. The van der Waals surface area contributed by atoms with Gasteiger partial charge in [0.05, 0.1) is 17.6 Å². The van der Waals surface area contributed by atoms with Crippen LogP contribution in [-0.2, 0) is 6.54 Å². The number of aromatic amines is 1. The lowest BCUT2D eigenvalue weighted by Gasteiger charge is -2.02. The molecule has 1 aromatic carbocycles. The fourth-order valence-corrected chi connectivity index (χ4v) is 2.92. The lowest BCUT2D eigenvalue weighted by Crippen LogP contribution is -1.99. The average molecular weight is 300 g/mol. The maximum Gasteiger partial charge on any atom is 0.172 e. The number of ether oxygens (including phenoxy) is 1. The Kier molecular flexibility index (Phi) is 4.08. The van der Waals surface area contributed by atoms with Crippen LogP contribution in [0.1, 0.15) is 12.5 Å². The summed E-state index contributed by atoms with van der Waals surface area (Å²) in [6.07, 6.45) is 1.76. The number of hydrogen-bond acceptors (Lipinski definition) is 5. The minimum absolute atomic E-state index is 0.463. The molecule has 0 spiro atoms. The second-order valence-corrected chi connectivity index (χ2v) is 5.41. The molecule has 3 N–H and O–H groups in total. The third kappa shape index (κ3) is 3.01. The smallest absolute Gasteiger partial charge is 0.172 e. The molecule has 21 heavy (non-hydrogen) atoms. The summed E-state index contributed by atoms with van der Waals surface area (Å²) in [6, 6.07) is 9.69. The molecule has 0 radical (unpaired) electrons. The van der Waals surface area contributed by atoms with Gasteiger partial charge in [-0.1, -0.05) is 6.07 Å². The predicted octanol–water partition coefficient (Wildman–Crippen LogP) is 2.97. The van der Waals surface area contributed by atoms with E-state index in [0.717, 1.165) is 32.5 Å². The van der Waals surface area contributed by atoms with Crippen LogP contribution in [0.5, 0.6) is 5.75 Å². The zero-order valence-corrected chi connectivity index (χ0v) is 12.5. The first-order valence-corrected chi connectivity index (χ1v) is 7.56. The van der Waals surface area contributed by atoms with Crippen LogP contribution < -0.4 is 10.5 Å². The minimum atomic E-state index is 0.463. The Hall–Kier alpha value is -2.05. The molecular weight excluding hydrogens is 284 g/mol. The number of rotatable bonds is 5. The first-order chi connectivity index (χ1) is 10.3. The minimum Gasteiger partial charge on any atom is -0.494 e. The molecule has 0 atom stereocenters. The molecule has 2 aromatic heterocycles. The standard InChI is InChI=1S/C15H16N4OS/c1-2-20-11-5-6-12-13(8-11)19-15(18-12)21-14-10(9-16)4-3-7-17-14/h3-8H,2,9,16H2,1H3,(H,18,19). The third-order valence-corrected chi connectivity index (χ3v) is 3.95. The zero-order chi connectivity index (χ0) is 14.7. The SMILES string of the molecule is CCOc1ccc2nc(Sc3ncccc3CN)[nH]c2c1. The molecule has 0 aliphatic heterocycles. The van der Waals surface area contributed by atoms with Gasteiger partial charge in [-0.3, -0.25) is 0 Å². The van der Waals surface area contributed by atoms with E-state index in [-0.39, 0.29) is 0 Å². The summed E-state index contributed by atoms with van der Waals surface area (Å²) in [7, 11) is 0. The monoisotopic (exact) mass is 300 g/mol. The number of benzene rings is 1. The molecule has 0 amide bonds. The largest absolute Gasteiger partial charge is 0.494 e. The van der Waals surface area contributed by atoms with Gasteiger partial charge >= 0.3 is 0 Å². The van der Waals surface area contributed by atoms with Crippen molar-refractivity contribution in [1.29, 1.82) is 0 Å². The maximum atomic E-state index is 5.73. The molecule has 6 heteroatoms. The van der Waals surface area contributed by atoms with E-state index in [1.165, 1.54) is 11.8 Å². The first kappa shape index (κ1) is 13.9. The van der Waals surface area contributed by atoms with Crippen LogP contribution in [0.3, 0.4) is 0 Å². The number of nitrogens with zero attached hydrogens (tertiary/aromatic N) is 2. The highest BCUT2D eigenvalue weighted by molar-refractivity contribution is 7.99. The van der Waals surface area contributed by atoms with E-state index in [9.17, 15) is 0 Å². The van der Waals surface area contributed by atoms with Gasteiger partial charge in [0.25, 0.3) is 0 Å². The van der Waals surface area contributed by atoms with Gasteiger partial charge in [0.15, 0.2) is 5.16 Å². The Labute approximate surface area is 126 Å². The first-order valence-electron chi connectivity index (χ1n) is 6.74. The molecule has 2 heterocycles. The number of hydrogen-bond donors (Lipinski definition) is 2. The molecular formula is C15H16N4OS. The molecule has 0 saturated heterocycles. The van der Waals surface area contributed by atoms with Crippen molar-refractivity contribution in [2.75, 3.05) is 6.61 Å². The maximum absolute atomic E-state index is 5.73. The number of H-pyrrole nitrogens is 1. The number of aromatic nitrogens is 3. The van der Waals surface area contributed by atoms with Crippen molar-refractivity contribution in [3.63, 3.8) is 0 Å². The van der Waals surface area contributed by atoms with Crippen molar-refractivity contribution >= 4 is 22.8 Å². The molecule has 3 aromatic rings. The zero-order valence-electron chi connectivity index (χ0n) is 11.7. The van der Waals surface area contributed by atoms with Crippen LogP contribution in [0.2, 0.25) is 0 Å². The van der Waals surface area contributed by atoms with E-state index in [4.69, 9.17) is 10.5 Å². The lowest BCUT2D eigenvalue weighted by atomic mass is 10.3. The van der Waals surface area contributed by atoms with E-state index < -0.39 is 0 Å². The summed E-state index contributed by atoms with van der Waals surface area (Å²) >= 11 is 1.49. The quantitative estimate of drug-likeness (QED) is 0.757. The Morgan fingerprint density at radius 2 is 2.24 bits per heavy atom. The highest BCUT2D eigenvalue weighted by Gasteiger charge is 2.09. The predicted molar refractivity (Wildman–Crippen MR) is 83.5 cm³/mol. The molecule has 0 aliphatic rings. The molecule has 3 rings (SSSR count). The van der Waals surface area contributed by atoms with Crippen molar-refractivity contribution in [2.24, 2.45) is 5.73 Å². The van der Waals surface area contributed by atoms with Gasteiger partial charge in [-0.25, -0.2) is 9.97 Å². The Bertz CT molecular complexity index is 756. The van der Waals surface area contributed by atoms with Crippen LogP contribution >= 0.6 is 11.8 Å². The van der Waals surface area contributed by atoms with Crippen LogP contribution in [0.25, 0.3) is 11.0 Å². The average Bonchev–Trinajstić information content (AvgIpc) is 2.89. The normalized spacial score (nSPS) is 11.0. The number of pyridine rings is 1. The van der Waals surface area contributed by atoms with Gasteiger partial charge in [0.2, 0.25) is 0 Å². The highest BCUT2D eigenvalue weighted by Crippen LogP contribution is 2.29. The molecule has 0 fully saturated rings. The van der Waals surface area contributed by atoms with Gasteiger partial charge in [-0.05, 0) is 42.4 Å². The van der Waals surface area contributed by atoms with Crippen LogP contribution in [0, 0.1) is 0 Å². The van der Waals surface area contributed by atoms with E-state index in [0.29, 0.717) is 13.2 Å². The fraction of sp³-hybridized carbons (Fsp3) is 0.200. The van der Waals surface area contributed by atoms with Gasteiger partial charge in [0, 0.05) is 18.8 Å². The summed E-state index contributed by atoms with van der Waals surface area (Å²) in [5.41, 5.74) is 8.61. The summed E-state index contributed by atoms with van der Waals surface area (Å²) in [5.74, 6) is 0.839. The molecule has 0 saturated carbocycles. The Balaban J connectivity index is 1.90. The van der Waals surface area contributed by atoms with Crippen molar-refractivity contribution < 1.29 is 4.74 Å². The van der Waals surface area contributed by atoms with Gasteiger partial charge in [-0.2, -0.15) is 0 Å². The van der Waals surface area contributed by atoms with Crippen molar-refractivity contribution in [3.05, 3.63) is 42.1 Å². The van der Waals surface area contributed by atoms with Crippen molar-refractivity contribution in [1.82, 2.24) is 15.0 Å². The van der Waals surface area contributed by atoms with Crippen LogP contribution in [-0.4, -0.2) is 21.6 Å². The molecule has 0 unspecified atom stereocenters. The van der Waals surface area contributed by atoms with E-state index in [2.05, 4.69) is 15.0 Å². The number of imidazole rings is 1. The van der Waals surface area contributed by atoms with E-state index in [1.54, 1.807) is 6.20 Å². The third-order valence-electron chi connectivity index (χ3n) is 3.01. The molecule has 0 bridgehead atoms. The van der Waals surface area contributed by atoms with Gasteiger partial charge in [0.1, 0.15) is 10.8 Å². The van der Waals surface area contributed by atoms with Crippen LogP contribution in [0.15, 0.2) is 46.7 Å². The van der Waals surface area contributed by atoms with E-state index in [1.807, 2.05) is 37.3 Å². The number of nitrogens with two attached hydrogens (primary N) is 1. The summed E-state index contributed by atoms with van der Waals surface area (Å²) in [4.78, 5) is 12.2. The van der Waals surface area contributed by atoms with Crippen LogP contribution in [0.4, 0.5) is 0 Å². The van der Waals surface area contributed by atoms with Crippen molar-refractivity contribution in [2.45, 2.75) is 23.7 Å². The number of nitrogens with one attached hydrogen (secondary N) is 1. The van der Waals surface area contributed by atoms with E-state index >= 15 is 0 Å². The molecule has 108 valence electrons. The summed E-state index contributed by atoms with van der Waals surface area (Å²) in [5, 5.41) is 1.68. The topological polar surface area (TPSA) is 76.8 Å². The summed E-state index contributed by atoms with van der Waals surface area (Å²) < 4.78 is 5.49. The fourth-order valence-electron chi connectivity index (χ4n) is 2.03. The molecule has 0 aliphatic carbocycles. The highest BCUT2D eigenvalue weighted by atomic mass is 32.2. The number of fused-ring (bicyclic) bond motifs is 1. The van der Waals surface area contributed by atoms with Gasteiger partial charge in [-0.15, -0.1) is 0 Å². The lowest BCUT2D eigenvalue weighted by molar-refractivity contribution is 0.340. The second kappa shape index (κ2) is 6.15. The van der Waals surface area contributed by atoms with Crippen molar-refractivity contribution in [3.8, 4) is 5.75 Å². The Morgan fingerprint density at radius 1 is 1.33 bits per heavy atom. The van der Waals surface area contributed by atoms with Gasteiger partial charge < -0.3 is 15.5 Å².